The Hall–Kier alpha value is -5.69. The third kappa shape index (κ3) is 7.34. The van der Waals surface area contributed by atoms with Crippen LogP contribution in [0.1, 0.15) is 58.5 Å². The molecule has 53 heavy (non-hydrogen) atoms. The van der Waals surface area contributed by atoms with E-state index in [2.05, 4.69) is 16.7 Å². The topological polar surface area (TPSA) is 171 Å². The smallest absolute Gasteiger partial charge is 0.264 e. The highest BCUT2D eigenvalue weighted by atomic mass is 32.1. The summed E-state index contributed by atoms with van der Waals surface area (Å²) in [5, 5.41) is 15.0. The first-order chi connectivity index (χ1) is 25.4. The molecule has 2 N–H and O–H groups in total. The van der Waals surface area contributed by atoms with Crippen LogP contribution >= 0.6 is 12.2 Å². The first-order valence-corrected chi connectivity index (χ1v) is 17.5. The number of carbonyl (C=O) groups is 5. The number of anilines is 3. The second kappa shape index (κ2) is 15.5. The average Bonchev–Trinajstić information content (AvgIpc) is 3.49. The van der Waals surface area contributed by atoms with Gasteiger partial charge in [0.05, 0.1) is 54.9 Å². The monoisotopic (exact) mass is 738 g/mol. The van der Waals surface area contributed by atoms with Crippen molar-refractivity contribution in [3.63, 3.8) is 0 Å². The van der Waals surface area contributed by atoms with E-state index >= 15 is 0 Å². The van der Waals surface area contributed by atoms with Gasteiger partial charge < -0.3 is 24.4 Å². The van der Waals surface area contributed by atoms with Crippen molar-refractivity contribution in [2.75, 3.05) is 54.7 Å². The third-order valence-corrected chi connectivity index (χ3v) is 9.62. The number of piperidine rings is 1. The number of amides is 5. The average molecular weight is 739 g/mol. The lowest BCUT2D eigenvalue weighted by Gasteiger charge is -2.29. The molecule has 0 saturated carbocycles. The number of nitrogens with one attached hydrogen (secondary N) is 2. The van der Waals surface area contributed by atoms with Crippen LogP contribution < -0.4 is 25.2 Å². The fourth-order valence-electron chi connectivity index (χ4n) is 6.52. The molecule has 1 atom stereocenters. The maximum Gasteiger partial charge on any atom is 0.264 e. The van der Waals surface area contributed by atoms with Crippen LogP contribution in [0.3, 0.4) is 0 Å². The largest absolute Gasteiger partial charge is 0.491 e. The van der Waals surface area contributed by atoms with E-state index in [1.165, 1.54) is 4.90 Å². The molecule has 6 rings (SSSR count). The first kappa shape index (κ1) is 37.1. The number of imide groups is 2. The van der Waals surface area contributed by atoms with Gasteiger partial charge in [-0.2, -0.15) is 5.26 Å². The van der Waals surface area contributed by atoms with Crippen LogP contribution in [0.25, 0.3) is 0 Å². The molecule has 3 aromatic carbocycles. The summed E-state index contributed by atoms with van der Waals surface area (Å²) >= 11 is 5.77. The Kier molecular flexibility index (Phi) is 10.8. The summed E-state index contributed by atoms with van der Waals surface area (Å²) in [4.78, 5) is 67.8. The molecule has 14 nitrogen and oxygen atoms in total. The lowest BCUT2D eigenvalue weighted by molar-refractivity contribution is -0.136. The van der Waals surface area contributed by atoms with Crippen molar-refractivity contribution in [2.24, 2.45) is 0 Å². The van der Waals surface area contributed by atoms with E-state index in [4.69, 9.17) is 26.4 Å². The van der Waals surface area contributed by atoms with Crippen molar-refractivity contribution in [2.45, 2.75) is 45.2 Å². The van der Waals surface area contributed by atoms with E-state index in [9.17, 15) is 29.2 Å². The molecule has 1 unspecified atom stereocenters. The zero-order chi connectivity index (χ0) is 37.9. The van der Waals surface area contributed by atoms with Gasteiger partial charge in [0.15, 0.2) is 5.11 Å². The van der Waals surface area contributed by atoms with Crippen LogP contribution in [0, 0.1) is 18.3 Å². The number of ether oxygens (including phenoxy) is 3. The molecular formula is C38H38N6O8S. The first-order valence-electron chi connectivity index (χ1n) is 17.1. The standard InChI is InChI=1S/C38H38N6O8S/c1-23-21-26(8-7-24(23)22-39)42-36(49)38(2,3)44(37(42)53)25-9-11-27(12-10-25)52-20-19-51-18-17-50-16-15-40-29-6-4-5-28-32(29)35(48)43(34(28)47)30-13-14-31(45)41-33(30)46/h4-12,21,30,40H,13-20H2,1-3H3,(H,41,45,46). The minimum absolute atomic E-state index is 0.0541. The Morgan fingerprint density at radius 2 is 1.62 bits per heavy atom. The van der Waals surface area contributed by atoms with Gasteiger partial charge in [-0.3, -0.25) is 39.1 Å². The normalized spacial score (nSPS) is 18.0. The number of rotatable bonds is 14. The molecule has 3 heterocycles. The maximum absolute atomic E-state index is 13.5. The second-order valence-electron chi connectivity index (χ2n) is 13.1. The van der Waals surface area contributed by atoms with Crippen molar-refractivity contribution in [3.8, 4) is 11.8 Å². The van der Waals surface area contributed by atoms with Gasteiger partial charge in [0.1, 0.15) is 23.9 Å². The van der Waals surface area contributed by atoms with Crippen LogP contribution in [0.5, 0.6) is 5.75 Å². The van der Waals surface area contributed by atoms with Crippen molar-refractivity contribution in [1.29, 1.82) is 5.26 Å². The highest BCUT2D eigenvalue weighted by Crippen LogP contribution is 2.37. The summed E-state index contributed by atoms with van der Waals surface area (Å²) in [5.74, 6) is -1.76. The van der Waals surface area contributed by atoms with Crippen LogP contribution in [0.2, 0.25) is 0 Å². The Labute approximate surface area is 311 Å². The number of hydrogen-bond donors (Lipinski definition) is 2. The van der Waals surface area contributed by atoms with E-state index in [1.807, 2.05) is 37.8 Å². The molecule has 15 heteroatoms. The Morgan fingerprint density at radius 3 is 2.32 bits per heavy atom. The molecule has 0 aliphatic carbocycles. The Bertz CT molecular complexity index is 2030. The molecule has 3 aromatic rings. The number of benzene rings is 3. The lowest BCUT2D eigenvalue weighted by atomic mass is 10.0. The van der Waals surface area contributed by atoms with Crippen LogP contribution in [0.4, 0.5) is 17.1 Å². The van der Waals surface area contributed by atoms with Gasteiger partial charge in [0.2, 0.25) is 11.8 Å². The summed E-state index contributed by atoms with van der Waals surface area (Å²) in [6.07, 6.45) is 0.145. The van der Waals surface area contributed by atoms with E-state index in [0.717, 1.165) is 16.2 Å². The third-order valence-electron chi connectivity index (χ3n) is 9.25. The van der Waals surface area contributed by atoms with E-state index in [1.54, 1.807) is 48.5 Å². The number of thiocarbonyl (C=S) groups is 1. The molecule has 2 fully saturated rings. The Morgan fingerprint density at radius 1 is 0.925 bits per heavy atom. The summed E-state index contributed by atoms with van der Waals surface area (Å²) in [6, 6.07) is 18.5. The molecule has 0 aromatic heterocycles. The predicted octanol–water partition coefficient (Wildman–Crippen LogP) is 3.71. The van der Waals surface area contributed by atoms with Gasteiger partial charge in [-0.15, -0.1) is 0 Å². The molecular weight excluding hydrogens is 701 g/mol. The maximum atomic E-state index is 13.5. The van der Waals surface area contributed by atoms with Gasteiger partial charge in [-0.1, -0.05) is 6.07 Å². The van der Waals surface area contributed by atoms with Crippen molar-refractivity contribution < 1.29 is 38.2 Å². The van der Waals surface area contributed by atoms with Crippen LogP contribution in [-0.2, 0) is 23.9 Å². The molecule has 0 spiro atoms. The van der Waals surface area contributed by atoms with Crippen molar-refractivity contribution in [1.82, 2.24) is 10.2 Å². The van der Waals surface area contributed by atoms with Crippen LogP contribution in [0.15, 0.2) is 60.7 Å². The summed E-state index contributed by atoms with van der Waals surface area (Å²) < 4.78 is 17.1. The zero-order valence-corrected chi connectivity index (χ0v) is 30.3. The number of nitriles is 1. The van der Waals surface area contributed by atoms with Crippen molar-refractivity contribution in [3.05, 3.63) is 82.9 Å². The van der Waals surface area contributed by atoms with E-state index in [0.29, 0.717) is 67.4 Å². The number of hydrogen-bond acceptors (Lipinski definition) is 11. The SMILES string of the molecule is Cc1cc(N2C(=O)C(C)(C)N(c3ccc(OCCOCCOCCNc4cccc5c4C(=O)N(C4CCC(=O)NC4=O)C5=O)cc3)C2=S)ccc1C#N. The second-order valence-corrected chi connectivity index (χ2v) is 13.5. The zero-order valence-electron chi connectivity index (χ0n) is 29.5. The summed E-state index contributed by atoms with van der Waals surface area (Å²) in [7, 11) is 0. The summed E-state index contributed by atoms with van der Waals surface area (Å²) in [6.45, 7) is 7.42. The molecule has 2 saturated heterocycles. The van der Waals surface area contributed by atoms with Gasteiger partial charge >= 0.3 is 0 Å². The molecule has 274 valence electrons. The number of nitrogens with zero attached hydrogens (tertiary/aromatic N) is 4. The minimum atomic E-state index is -1.03. The fourth-order valence-corrected chi connectivity index (χ4v) is 7.04. The van der Waals surface area contributed by atoms with Crippen molar-refractivity contribution >= 4 is 63.9 Å². The van der Waals surface area contributed by atoms with Gasteiger partial charge in [-0.05, 0) is 99.6 Å². The number of carbonyl (C=O) groups excluding carboxylic acids is 5. The Balaban J connectivity index is 0.903. The minimum Gasteiger partial charge on any atom is -0.491 e. The lowest BCUT2D eigenvalue weighted by Crippen LogP contribution is -2.54. The molecule has 0 radical (unpaired) electrons. The van der Waals surface area contributed by atoms with Gasteiger partial charge in [0, 0.05) is 24.3 Å². The molecule has 5 amide bonds. The predicted molar refractivity (Wildman–Crippen MR) is 198 cm³/mol. The fraction of sp³-hybridized carbons (Fsp3) is 0.342. The van der Waals surface area contributed by atoms with E-state index < -0.39 is 35.2 Å². The van der Waals surface area contributed by atoms with Gasteiger partial charge in [-0.25, -0.2) is 0 Å². The molecule has 0 bridgehead atoms. The summed E-state index contributed by atoms with van der Waals surface area (Å²) in [5.41, 5.74) is 2.58. The molecule has 3 aliphatic heterocycles. The van der Waals surface area contributed by atoms with Crippen LogP contribution in [-0.4, -0.2) is 90.7 Å². The quantitative estimate of drug-likeness (QED) is 0.140. The number of aryl methyl sites for hydroxylation is 1. The highest BCUT2D eigenvalue weighted by molar-refractivity contribution is 7.81. The molecule has 3 aliphatic rings. The number of fused-ring (bicyclic) bond motifs is 1. The van der Waals surface area contributed by atoms with E-state index in [-0.39, 0.29) is 29.9 Å². The highest BCUT2D eigenvalue weighted by Gasteiger charge is 2.50. The van der Waals surface area contributed by atoms with Gasteiger partial charge in [0.25, 0.3) is 17.7 Å².